The first kappa shape index (κ1) is 14.8. The second-order valence-corrected chi connectivity index (χ2v) is 7.53. The van der Waals surface area contributed by atoms with Crippen molar-refractivity contribution < 1.29 is 9.13 Å². The lowest BCUT2D eigenvalue weighted by Gasteiger charge is -2.42. The molecule has 1 heterocycles. The zero-order chi connectivity index (χ0) is 15.1. The zero-order valence-electron chi connectivity index (χ0n) is 13.3. The van der Waals surface area contributed by atoms with E-state index in [1.807, 2.05) is 7.05 Å². The van der Waals surface area contributed by atoms with E-state index in [1.54, 1.807) is 12.1 Å². The molecule has 116 valence electrons. The van der Waals surface area contributed by atoms with E-state index in [0.29, 0.717) is 5.41 Å². The van der Waals surface area contributed by atoms with Crippen LogP contribution in [0.15, 0.2) is 18.2 Å². The number of hydrogen-bond donors (Lipinski definition) is 1. The van der Waals surface area contributed by atoms with Gasteiger partial charge in [0.25, 0.3) is 0 Å². The van der Waals surface area contributed by atoms with Crippen molar-refractivity contribution in [3.05, 3.63) is 29.6 Å². The van der Waals surface area contributed by atoms with Crippen LogP contribution in [-0.4, -0.2) is 12.6 Å². The van der Waals surface area contributed by atoms with E-state index in [1.165, 1.54) is 25.3 Å². The van der Waals surface area contributed by atoms with Crippen molar-refractivity contribution in [2.75, 3.05) is 7.05 Å². The van der Waals surface area contributed by atoms with E-state index < -0.39 is 0 Å². The molecule has 1 spiro atoms. The van der Waals surface area contributed by atoms with Crippen molar-refractivity contribution >= 4 is 0 Å². The Balaban J connectivity index is 1.91. The van der Waals surface area contributed by atoms with Crippen molar-refractivity contribution in [1.82, 2.24) is 5.32 Å². The smallest absolute Gasteiger partial charge is 0.125 e. The monoisotopic (exact) mass is 291 g/mol. The van der Waals surface area contributed by atoms with E-state index in [-0.39, 0.29) is 17.5 Å². The predicted octanol–water partition coefficient (Wildman–Crippen LogP) is 4.60. The summed E-state index contributed by atoms with van der Waals surface area (Å²) in [6.45, 7) is 4.71. The van der Waals surface area contributed by atoms with Gasteiger partial charge in [-0.05, 0) is 62.8 Å². The summed E-state index contributed by atoms with van der Waals surface area (Å²) >= 11 is 0. The lowest BCUT2D eigenvalue weighted by atomic mass is 9.80. The fourth-order valence-electron chi connectivity index (χ4n) is 3.91. The standard InChI is InChI=1S/C18H26FNO/c1-17(2)7-4-8-18(10-9-17)12-15(20-3)14-11-13(19)5-6-16(14)21-18/h5-6,11,15,20H,4,7-10,12H2,1-3H3. The van der Waals surface area contributed by atoms with Crippen molar-refractivity contribution in [1.29, 1.82) is 0 Å². The number of benzene rings is 1. The van der Waals surface area contributed by atoms with E-state index >= 15 is 0 Å². The van der Waals surface area contributed by atoms with Crippen LogP contribution in [0.3, 0.4) is 0 Å². The summed E-state index contributed by atoms with van der Waals surface area (Å²) in [6, 6.07) is 5.10. The van der Waals surface area contributed by atoms with Gasteiger partial charge in [-0.15, -0.1) is 0 Å². The van der Waals surface area contributed by atoms with Crippen molar-refractivity contribution in [3.8, 4) is 5.75 Å². The number of hydrogen-bond acceptors (Lipinski definition) is 2. The molecule has 2 unspecified atom stereocenters. The molecule has 1 aliphatic heterocycles. The zero-order valence-corrected chi connectivity index (χ0v) is 13.3. The third-order valence-electron chi connectivity index (χ3n) is 5.34. The Labute approximate surface area is 127 Å². The van der Waals surface area contributed by atoms with Crippen LogP contribution in [0, 0.1) is 11.2 Å². The first-order chi connectivity index (χ1) is 9.93. The Kier molecular flexibility index (Phi) is 3.73. The molecule has 0 amide bonds. The molecule has 1 aromatic rings. The molecule has 1 aliphatic carbocycles. The number of nitrogens with one attached hydrogen (secondary N) is 1. The molecule has 2 atom stereocenters. The summed E-state index contributed by atoms with van der Waals surface area (Å²) in [5, 5.41) is 3.35. The summed E-state index contributed by atoms with van der Waals surface area (Å²) in [5.41, 5.74) is 1.30. The van der Waals surface area contributed by atoms with Crippen molar-refractivity contribution in [2.45, 2.75) is 64.0 Å². The Morgan fingerprint density at radius 1 is 1.19 bits per heavy atom. The quantitative estimate of drug-likeness (QED) is 0.816. The molecule has 1 N–H and O–H groups in total. The number of fused-ring (bicyclic) bond motifs is 1. The molecule has 21 heavy (non-hydrogen) atoms. The third-order valence-corrected chi connectivity index (χ3v) is 5.34. The average Bonchev–Trinajstić information content (AvgIpc) is 2.58. The first-order valence-electron chi connectivity index (χ1n) is 8.09. The van der Waals surface area contributed by atoms with Crippen LogP contribution in [0.25, 0.3) is 0 Å². The lowest BCUT2D eigenvalue weighted by Crippen LogP contribution is -2.43. The summed E-state index contributed by atoms with van der Waals surface area (Å²) in [7, 11) is 1.96. The van der Waals surface area contributed by atoms with Crippen LogP contribution >= 0.6 is 0 Å². The van der Waals surface area contributed by atoms with Crippen LogP contribution in [0.2, 0.25) is 0 Å². The number of rotatable bonds is 1. The maximum Gasteiger partial charge on any atom is 0.125 e. The Morgan fingerprint density at radius 2 is 2.00 bits per heavy atom. The minimum absolute atomic E-state index is 0.0771. The van der Waals surface area contributed by atoms with Gasteiger partial charge in [0.15, 0.2) is 0 Å². The first-order valence-corrected chi connectivity index (χ1v) is 8.09. The van der Waals surface area contributed by atoms with Crippen LogP contribution in [0.5, 0.6) is 5.75 Å². The summed E-state index contributed by atoms with van der Waals surface area (Å²) in [5.74, 6) is 0.678. The van der Waals surface area contributed by atoms with Crippen LogP contribution in [-0.2, 0) is 0 Å². The number of ether oxygens (including phenoxy) is 1. The molecule has 0 bridgehead atoms. The van der Waals surface area contributed by atoms with E-state index in [2.05, 4.69) is 19.2 Å². The third kappa shape index (κ3) is 2.94. The fourth-order valence-corrected chi connectivity index (χ4v) is 3.91. The van der Waals surface area contributed by atoms with E-state index in [0.717, 1.165) is 30.6 Å². The molecular formula is C18H26FNO. The molecule has 0 aromatic heterocycles. The second kappa shape index (κ2) is 5.28. The molecule has 0 saturated heterocycles. The Morgan fingerprint density at radius 3 is 2.76 bits per heavy atom. The van der Waals surface area contributed by atoms with Gasteiger partial charge in [0.05, 0.1) is 0 Å². The van der Waals surface area contributed by atoms with Gasteiger partial charge in [0.1, 0.15) is 17.2 Å². The van der Waals surface area contributed by atoms with Crippen molar-refractivity contribution in [3.63, 3.8) is 0 Å². The Bertz CT molecular complexity index is 528. The van der Waals surface area contributed by atoms with Gasteiger partial charge < -0.3 is 10.1 Å². The summed E-state index contributed by atoms with van der Waals surface area (Å²) < 4.78 is 19.9. The normalized spacial score (nSPS) is 31.3. The fraction of sp³-hybridized carbons (Fsp3) is 0.667. The van der Waals surface area contributed by atoms with Gasteiger partial charge in [-0.2, -0.15) is 0 Å². The minimum atomic E-state index is -0.185. The molecule has 2 aliphatic rings. The second-order valence-electron chi connectivity index (χ2n) is 7.53. The van der Waals surface area contributed by atoms with Gasteiger partial charge in [0.2, 0.25) is 0 Å². The van der Waals surface area contributed by atoms with Gasteiger partial charge in [0, 0.05) is 18.0 Å². The molecule has 3 rings (SSSR count). The lowest BCUT2D eigenvalue weighted by molar-refractivity contribution is 0.0146. The average molecular weight is 291 g/mol. The molecule has 1 saturated carbocycles. The molecular weight excluding hydrogens is 265 g/mol. The Hall–Kier alpha value is -1.09. The highest BCUT2D eigenvalue weighted by atomic mass is 19.1. The minimum Gasteiger partial charge on any atom is -0.487 e. The van der Waals surface area contributed by atoms with Gasteiger partial charge >= 0.3 is 0 Å². The topological polar surface area (TPSA) is 21.3 Å². The number of halogens is 1. The molecule has 1 fully saturated rings. The van der Waals surface area contributed by atoms with Gasteiger partial charge in [-0.25, -0.2) is 4.39 Å². The van der Waals surface area contributed by atoms with E-state index in [9.17, 15) is 4.39 Å². The van der Waals surface area contributed by atoms with Crippen molar-refractivity contribution in [2.24, 2.45) is 5.41 Å². The SMILES string of the molecule is CNC1CC2(CCCC(C)(C)CC2)Oc2ccc(F)cc21. The van der Waals surface area contributed by atoms with E-state index in [4.69, 9.17) is 4.74 Å². The predicted molar refractivity (Wildman–Crippen MR) is 83.0 cm³/mol. The van der Waals surface area contributed by atoms with Crippen LogP contribution in [0.4, 0.5) is 4.39 Å². The maximum absolute atomic E-state index is 13.5. The maximum atomic E-state index is 13.5. The highest BCUT2D eigenvalue weighted by Crippen LogP contribution is 2.48. The largest absolute Gasteiger partial charge is 0.487 e. The highest BCUT2D eigenvalue weighted by molar-refractivity contribution is 5.39. The van der Waals surface area contributed by atoms with Gasteiger partial charge in [-0.1, -0.05) is 13.8 Å². The van der Waals surface area contributed by atoms with Gasteiger partial charge in [-0.3, -0.25) is 0 Å². The summed E-state index contributed by atoms with van der Waals surface area (Å²) in [6.07, 6.45) is 6.80. The molecule has 3 heteroatoms. The summed E-state index contributed by atoms with van der Waals surface area (Å²) in [4.78, 5) is 0. The molecule has 1 aromatic carbocycles. The molecule has 2 nitrogen and oxygen atoms in total. The molecule has 0 radical (unpaired) electrons. The van der Waals surface area contributed by atoms with Crippen LogP contribution < -0.4 is 10.1 Å². The highest BCUT2D eigenvalue weighted by Gasteiger charge is 2.43. The van der Waals surface area contributed by atoms with Crippen LogP contribution in [0.1, 0.15) is 64.0 Å².